The number of fused-ring (bicyclic) bond motifs is 1. The fraction of sp³-hybridized carbons (Fsp3) is 0.611. The summed E-state index contributed by atoms with van der Waals surface area (Å²) in [7, 11) is 0. The molecule has 1 atom stereocenters. The highest BCUT2D eigenvalue weighted by molar-refractivity contribution is 7.29. The molecule has 2 amide bonds. The average Bonchev–Trinajstić information content (AvgIpc) is 3.20. The zero-order valence-corrected chi connectivity index (χ0v) is 17.2. The lowest BCUT2D eigenvalue weighted by Gasteiger charge is -2.32. The fourth-order valence-electron chi connectivity index (χ4n) is 3.20. The maximum absolute atomic E-state index is 12.5. The van der Waals surface area contributed by atoms with Gasteiger partial charge >= 0.3 is 0 Å². The van der Waals surface area contributed by atoms with Crippen LogP contribution in [0.3, 0.4) is 0 Å². The maximum atomic E-state index is 12.5. The van der Waals surface area contributed by atoms with Crippen LogP contribution in [0.2, 0.25) is 0 Å². The number of amides is 2. The highest BCUT2D eigenvalue weighted by Crippen LogP contribution is 2.34. The normalized spacial score (nSPS) is 16.1. The Bertz CT molecular complexity index is 750. The van der Waals surface area contributed by atoms with Gasteiger partial charge in [0.25, 0.3) is 5.91 Å². The third-order valence-electron chi connectivity index (χ3n) is 4.79. The number of aromatic nitrogens is 1. The fourth-order valence-corrected chi connectivity index (χ4v) is 5.45. The van der Waals surface area contributed by atoms with Crippen molar-refractivity contribution in [2.24, 2.45) is 0 Å². The van der Waals surface area contributed by atoms with Gasteiger partial charge in [0, 0.05) is 38.6 Å². The van der Waals surface area contributed by atoms with Gasteiger partial charge in [-0.3, -0.25) is 9.59 Å². The van der Waals surface area contributed by atoms with Crippen molar-refractivity contribution >= 4 is 49.1 Å². The minimum Gasteiger partial charge on any atom is -0.349 e. The molecule has 26 heavy (non-hydrogen) atoms. The Hall–Kier alpha value is -1.67. The van der Waals surface area contributed by atoms with Gasteiger partial charge in [0.15, 0.2) is 5.13 Å². The number of nitrogens with one attached hydrogen (secondary N) is 1. The molecule has 142 valence electrons. The molecule has 1 aliphatic rings. The van der Waals surface area contributed by atoms with Crippen LogP contribution in [0.5, 0.6) is 0 Å². The van der Waals surface area contributed by atoms with Gasteiger partial charge in [-0.1, -0.05) is 11.3 Å². The van der Waals surface area contributed by atoms with Crippen LogP contribution in [-0.2, 0) is 4.79 Å². The standard InChI is InChI=1S/C18H26N4O2S2/c1-4-21(5-2)18-20-17-14(26-18)10-13(25-17)16(24)19-11-12(3)22-9-7-6-8-15(22)23/h10,12H,4-9,11H2,1-3H3,(H,19,24)/t12-/m0/s1. The molecular weight excluding hydrogens is 368 g/mol. The van der Waals surface area contributed by atoms with Crippen molar-refractivity contribution < 1.29 is 9.59 Å². The zero-order valence-electron chi connectivity index (χ0n) is 15.6. The molecule has 0 bridgehead atoms. The van der Waals surface area contributed by atoms with E-state index in [4.69, 9.17) is 0 Å². The van der Waals surface area contributed by atoms with Crippen LogP contribution >= 0.6 is 22.7 Å². The van der Waals surface area contributed by atoms with E-state index in [1.807, 2.05) is 17.9 Å². The number of piperidine rings is 1. The van der Waals surface area contributed by atoms with E-state index < -0.39 is 0 Å². The Balaban J connectivity index is 1.61. The Kier molecular flexibility index (Phi) is 6.13. The smallest absolute Gasteiger partial charge is 0.261 e. The summed E-state index contributed by atoms with van der Waals surface area (Å²) in [6.07, 6.45) is 2.65. The van der Waals surface area contributed by atoms with Gasteiger partial charge in [0.05, 0.1) is 9.58 Å². The quantitative estimate of drug-likeness (QED) is 0.782. The van der Waals surface area contributed by atoms with Crippen LogP contribution in [0.4, 0.5) is 5.13 Å². The number of nitrogens with zero attached hydrogens (tertiary/aromatic N) is 3. The first-order valence-corrected chi connectivity index (χ1v) is 10.9. The van der Waals surface area contributed by atoms with Gasteiger partial charge in [0.1, 0.15) is 4.83 Å². The summed E-state index contributed by atoms with van der Waals surface area (Å²) in [5.41, 5.74) is 0. The average molecular weight is 395 g/mol. The van der Waals surface area contributed by atoms with E-state index >= 15 is 0 Å². The third kappa shape index (κ3) is 4.01. The van der Waals surface area contributed by atoms with Gasteiger partial charge in [-0.05, 0) is 39.7 Å². The number of rotatable bonds is 7. The van der Waals surface area contributed by atoms with Crippen LogP contribution < -0.4 is 10.2 Å². The van der Waals surface area contributed by atoms with Gasteiger partial charge in [-0.25, -0.2) is 4.98 Å². The van der Waals surface area contributed by atoms with Crippen LogP contribution in [0.1, 0.15) is 49.7 Å². The molecule has 2 aromatic rings. The molecule has 6 nitrogen and oxygen atoms in total. The molecule has 0 aliphatic carbocycles. The molecule has 0 radical (unpaired) electrons. The summed E-state index contributed by atoms with van der Waals surface area (Å²) in [5, 5.41) is 3.99. The lowest BCUT2D eigenvalue weighted by atomic mass is 10.1. The highest BCUT2D eigenvalue weighted by Gasteiger charge is 2.24. The summed E-state index contributed by atoms with van der Waals surface area (Å²) in [6.45, 7) is 9.36. The number of likely N-dealkylation sites (tertiary alicyclic amines) is 1. The molecule has 1 aliphatic heterocycles. The van der Waals surface area contributed by atoms with Gasteiger partial charge in [0.2, 0.25) is 5.91 Å². The summed E-state index contributed by atoms with van der Waals surface area (Å²) < 4.78 is 1.06. The Labute approximate surface area is 162 Å². The molecule has 0 unspecified atom stereocenters. The summed E-state index contributed by atoms with van der Waals surface area (Å²) in [6, 6.07) is 1.96. The van der Waals surface area contributed by atoms with E-state index in [-0.39, 0.29) is 17.9 Å². The lowest BCUT2D eigenvalue weighted by Crippen LogP contribution is -2.47. The lowest BCUT2D eigenvalue weighted by molar-refractivity contribution is -0.135. The number of carbonyl (C=O) groups excluding carboxylic acids is 2. The molecule has 8 heteroatoms. The second kappa shape index (κ2) is 8.35. The topological polar surface area (TPSA) is 65.5 Å². The van der Waals surface area contributed by atoms with E-state index in [2.05, 4.69) is 29.0 Å². The molecule has 0 spiro atoms. The van der Waals surface area contributed by atoms with Crippen LogP contribution in [-0.4, -0.2) is 53.9 Å². The largest absolute Gasteiger partial charge is 0.349 e. The number of thiazole rings is 1. The van der Waals surface area contributed by atoms with Gasteiger partial charge in [-0.15, -0.1) is 11.3 Å². The van der Waals surface area contributed by atoms with E-state index in [1.165, 1.54) is 11.3 Å². The minimum absolute atomic E-state index is 0.0280. The van der Waals surface area contributed by atoms with Crippen molar-refractivity contribution in [2.75, 3.05) is 31.1 Å². The monoisotopic (exact) mass is 394 g/mol. The second-order valence-corrected chi connectivity index (χ2v) is 8.59. The first kappa shape index (κ1) is 19.1. The van der Waals surface area contributed by atoms with Gasteiger partial charge in [-0.2, -0.15) is 0 Å². The highest BCUT2D eigenvalue weighted by atomic mass is 32.1. The Morgan fingerprint density at radius 1 is 1.35 bits per heavy atom. The van der Waals surface area contributed by atoms with Crippen molar-refractivity contribution in [2.45, 2.75) is 46.1 Å². The number of hydrogen-bond donors (Lipinski definition) is 1. The summed E-state index contributed by atoms with van der Waals surface area (Å²) >= 11 is 3.06. The number of hydrogen-bond acceptors (Lipinski definition) is 6. The number of thiophene rings is 1. The van der Waals surface area contributed by atoms with Crippen molar-refractivity contribution in [3.8, 4) is 0 Å². The summed E-state index contributed by atoms with van der Waals surface area (Å²) in [5.74, 6) is 0.115. The van der Waals surface area contributed by atoms with Crippen molar-refractivity contribution in [3.63, 3.8) is 0 Å². The molecular formula is C18H26N4O2S2. The zero-order chi connectivity index (χ0) is 18.7. The third-order valence-corrected chi connectivity index (χ3v) is 7.01. The number of carbonyl (C=O) groups is 2. The second-order valence-electron chi connectivity index (χ2n) is 6.55. The van der Waals surface area contributed by atoms with Crippen LogP contribution in [0.25, 0.3) is 9.53 Å². The summed E-state index contributed by atoms with van der Waals surface area (Å²) in [4.78, 5) is 34.8. The van der Waals surface area contributed by atoms with Gasteiger partial charge < -0.3 is 15.1 Å². The predicted molar refractivity (Wildman–Crippen MR) is 108 cm³/mol. The first-order valence-electron chi connectivity index (χ1n) is 9.26. The number of anilines is 1. The first-order chi connectivity index (χ1) is 12.5. The van der Waals surface area contributed by atoms with Crippen molar-refractivity contribution in [3.05, 3.63) is 10.9 Å². The molecule has 0 saturated carbocycles. The van der Waals surface area contributed by atoms with Crippen LogP contribution in [0.15, 0.2) is 6.07 Å². The Morgan fingerprint density at radius 2 is 2.12 bits per heavy atom. The molecule has 3 rings (SSSR count). The molecule has 2 aromatic heterocycles. The Morgan fingerprint density at radius 3 is 2.77 bits per heavy atom. The van der Waals surface area contributed by atoms with E-state index in [0.29, 0.717) is 17.8 Å². The van der Waals surface area contributed by atoms with E-state index in [1.54, 1.807) is 11.3 Å². The van der Waals surface area contributed by atoms with E-state index in [9.17, 15) is 9.59 Å². The van der Waals surface area contributed by atoms with Crippen LogP contribution in [0, 0.1) is 0 Å². The maximum Gasteiger partial charge on any atom is 0.261 e. The van der Waals surface area contributed by atoms with Crippen molar-refractivity contribution in [1.29, 1.82) is 0 Å². The SMILES string of the molecule is CCN(CC)c1nc2sc(C(=O)NC[C@H](C)N3CCCCC3=O)cc2s1. The molecule has 1 N–H and O–H groups in total. The molecule has 1 fully saturated rings. The van der Waals surface area contributed by atoms with Crippen molar-refractivity contribution in [1.82, 2.24) is 15.2 Å². The molecule has 0 aromatic carbocycles. The molecule has 3 heterocycles. The predicted octanol–water partition coefficient (Wildman–Crippen LogP) is 3.33. The minimum atomic E-state index is -0.0825. The molecule has 1 saturated heterocycles. The van der Waals surface area contributed by atoms with E-state index in [0.717, 1.165) is 47.1 Å².